The Hall–Kier alpha value is -2.91. The van der Waals surface area contributed by atoms with Crippen molar-refractivity contribution in [1.82, 2.24) is 30.5 Å². The quantitative estimate of drug-likeness (QED) is 0.216. The molecule has 1 saturated carbocycles. The molecular weight excluding hydrogens is 566 g/mol. The first kappa shape index (κ1) is 32.0. The highest BCUT2D eigenvalue weighted by atomic mass is 32.2. The fourth-order valence-electron chi connectivity index (χ4n) is 6.56. The van der Waals surface area contributed by atoms with Crippen molar-refractivity contribution < 1.29 is 34.5 Å². The van der Waals surface area contributed by atoms with E-state index in [4.69, 9.17) is 5.73 Å². The molecule has 4 rings (SSSR count). The lowest BCUT2D eigenvalue weighted by atomic mass is 9.84. The van der Waals surface area contributed by atoms with E-state index in [9.17, 15) is 34.5 Å². The van der Waals surface area contributed by atoms with Crippen LogP contribution in [0.25, 0.3) is 0 Å². The molecule has 1 aromatic rings. The summed E-state index contributed by atoms with van der Waals surface area (Å²) >= 11 is 1.63. The van der Waals surface area contributed by atoms with E-state index in [0.717, 1.165) is 32.1 Å². The first-order valence-corrected chi connectivity index (χ1v) is 15.8. The molecule has 3 aliphatic rings. The minimum atomic E-state index is -1.62. The lowest BCUT2D eigenvalue weighted by Crippen LogP contribution is -2.65. The fraction of sp³-hybridized carbons (Fsp3) is 0.778. The van der Waals surface area contributed by atoms with E-state index in [1.54, 1.807) is 25.6 Å². The van der Waals surface area contributed by atoms with E-state index < -0.39 is 59.2 Å². The van der Waals surface area contributed by atoms with Crippen LogP contribution in [0.1, 0.15) is 83.4 Å². The van der Waals surface area contributed by atoms with Crippen LogP contribution in [0.4, 0.5) is 4.79 Å². The van der Waals surface area contributed by atoms with Gasteiger partial charge in [0.1, 0.15) is 17.7 Å². The van der Waals surface area contributed by atoms with Crippen molar-refractivity contribution in [3.8, 4) is 0 Å². The third kappa shape index (κ3) is 7.17. The maximum atomic E-state index is 14.1. The summed E-state index contributed by atoms with van der Waals surface area (Å²) in [7, 11) is 0. The third-order valence-electron chi connectivity index (χ3n) is 8.85. The summed E-state index contributed by atoms with van der Waals surface area (Å²) < 4.78 is 1.50. The monoisotopic (exact) mass is 609 g/mol. The highest BCUT2D eigenvalue weighted by molar-refractivity contribution is 7.99. The molecule has 3 heterocycles. The van der Waals surface area contributed by atoms with Gasteiger partial charge in [-0.25, -0.2) is 9.48 Å². The number of rotatable bonds is 10. The summed E-state index contributed by atoms with van der Waals surface area (Å²) in [5.74, 6) is -0.680. The fourth-order valence-corrected chi connectivity index (χ4v) is 7.79. The molecule has 42 heavy (non-hydrogen) atoms. The molecule has 1 aromatic heterocycles. The van der Waals surface area contributed by atoms with E-state index in [1.165, 1.54) is 15.8 Å². The highest BCUT2D eigenvalue weighted by Gasteiger charge is 2.49. The molecule has 2 saturated heterocycles. The minimum Gasteiger partial charge on any atom is -0.465 e. The Labute approximate surface area is 249 Å². The van der Waals surface area contributed by atoms with Crippen LogP contribution >= 0.6 is 11.8 Å². The molecule has 2 aliphatic heterocycles. The Morgan fingerprint density at radius 3 is 2.45 bits per heavy atom. The molecule has 0 aromatic carbocycles. The molecule has 4 atom stereocenters. The van der Waals surface area contributed by atoms with Crippen molar-refractivity contribution in [3.05, 3.63) is 11.9 Å². The number of amides is 4. The summed E-state index contributed by atoms with van der Waals surface area (Å²) in [5, 5.41) is 44.4. The number of hydrogen-bond acceptors (Lipinski definition) is 9. The van der Waals surface area contributed by atoms with Crippen LogP contribution in [0.15, 0.2) is 6.20 Å². The van der Waals surface area contributed by atoms with Crippen LogP contribution in [0.3, 0.4) is 0 Å². The zero-order valence-electron chi connectivity index (χ0n) is 24.2. The first-order chi connectivity index (χ1) is 19.8. The topological polar surface area (TPSA) is 213 Å². The van der Waals surface area contributed by atoms with E-state index in [1.807, 2.05) is 0 Å². The van der Waals surface area contributed by atoms with Crippen LogP contribution in [-0.2, 0) is 20.0 Å². The largest absolute Gasteiger partial charge is 0.465 e. The van der Waals surface area contributed by atoms with Gasteiger partial charge in [-0.05, 0) is 50.5 Å². The number of carboxylic acid groups (broad SMARTS) is 1. The second-order valence-corrected chi connectivity index (χ2v) is 13.5. The molecule has 234 valence electrons. The Morgan fingerprint density at radius 2 is 1.86 bits per heavy atom. The average Bonchev–Trinajstić information content (AvgIpc) is 3.61. The lowest BCUT2D eigenvalue weighted by molar-refractivity contribution is -0.143. The molecule has 0 spiro atoms. The predicted octanol–water partition coefficient (Wildman–Crippen LogP) is 0.482. The molecule has 0 radical (unpaired) electrons. The first-order valence-electron chi connectivity index (χ1n) is 14.6. The van der Waals surface area contributed by atoms with Crippen LogP contribution in [-0.4, -0.2) is 101 Å². The van der Waals surface area contributed by atoms with Crippen molar-refractivity contribution in [2.75, 3.05) is 18.1 Å². The van der Waals surface area contributed by atoms with Gasteiger partial charge >= 0.3 is 6.09 Å². The third-order valence-corrected chi connectivity index (χ3v) is 9.84. The van der Waals surface area contributed by atoms with Crippen LogP contribution in [0.2, 0.25) is 0 Å². The Kier molecular flexibility index (Phi) is 10.0. The van der Waals surface area contributed by atoms with E-state index in [0.29, 0.717) is 36.5 Å². The number of primary amides is 1. The minimum absolute atomic E-state index is 0.0209. The molecule has 7 N–H and O–H groups in total. The number of carbonyl (C=O) groups excluding carboxylic acids is 3. The average molecular weight is 610 g/mol. The lowest BCUT2D eigenvalue weighted by Gasteiger charge is -2.41. The zero-order valence-corrected chi connectivity index (χ0v) is 25.0. The van der Waals surface area contributed by atoms with Gasteiger partial charge in [0.25, 0.3) is 0 Å². The number of nitrogens with one attached hydrogen (secondary N) is 2. The van der Waals surface area contributed by atoms with Gasteiger partial charge in [-0.1, -0.05) is 37.3 Å². The van der Waals surface area contributed by atoms with Gasteiger partial charge in [-0.3, -0.25) is 14.4 Å². The van der Waals surface area contributed by atoms with Crippen molar-refractivity contribution in [2.24, 2.45) is 11.7 Å². The predicted molar refractivity (Wildman–Crippen MR) is 153 cm³/mol. The Bertz CT molecular complexity index is 1140. The zero-order chi connectivity index (χ0) is 30.7. The molecule has 14 nitrogen and oxygen atoms in total. The maximum absolute atomic E-state index is 14.1. The number of hydrogen-bond donors (Lipinski definition) is 6. The molecular formula is C27H43N7O7S. The number of aromatic nitrogens is 3. The highest BCUT2D eigenvalue weighted by Crippen LogP contribution is 2.35. The smallest absolute Gasteiger partial charge is 0.405 e. The summed E-state index contributed by atoms with van der Waals surface area (Å²) in [5.41, 5.74) is 3.27. The number of nitrogens with two attached hydrogens (primary N) is 1. The Morgan fingerprint density at radius 1 is 1.19 bits per heavy atom. The number of carbonyl (C=O) groups is 4. The van der Waals surface area contributed by atoms with E-state index >= 15 is 0 Å². The van der Waals surface area contributed by atoms with E-state index in [2.05, 4.69) is 20.9 Å². The molecule has 3 fully saturated rings. The van der Waals surface area contributed by atoms with Gasteiger partial charge in [0.2, 0.25) is 17.7 Å². The van der Waals surface area contributed by atoms with Gasteiger partial charge in [0, 0.05) is 13.0 Å². The standard InChI is InChI=1S/C27H43N7O7S/c1-26(2,41)20-14-29-32-34(20)17-13-19(23(37)31-27(21(35)22(28)36)8-10-42-11-9-27)33(15-17)24(38)18(30-25(39)40)12-16-6-4-3-5-7-16/h14,16-19,21,30,35,41H,3-13,15H2,1-2H3,(H2,28,36)(H,31,37)(H,39,40)/t17-,18?,19-,21?/m0/s1. The van der Waals surface area contributed by atoms with Crippen molar-refractivity contribution >= 4 is 35.6 Å². The molecule has 4 amide bonds. The Balaban J connectivity index is 1.65. The van der Waals surface area contributed by atoms with Gasteiger partial charge in [0.05, 0.1) is 23.5 Å². The van der Waals surface area contributed by atoms with Gasteiger partial charge < -0.3 is 36.6 Å². The molecule has 15 heteroatoms. The number of aliphatic hydroxyl groups is 2. The summed E-state index contributed by atoms with van der Waals surface area (Å²) in [6, 6.07) is -2.66. The number of likely N-dealkylation sites (tertiary alicyclic amines) is 1. The van der Waals surface area contributed by atoms with E-state index in [-0.39, 0.29) is 18.9 Å². The van der Waals surface area contributed by atoms with Gasteiger partial charge in [-0.15, -0.1) is 5.10 Å². The normalized spacial score (nSPS) is 24.5. The number of nitrogens with zero attached hydrogens (tertiary/aromatic N) is 4. The number of aliphatic hydroxyl groups excluding tert-OH is 1. The second kappa shape index (κ2) is 13.2. The van der Waals surface area contributed by atoms with Crippen molar-refractivity contribution in [1.29, 1.82) is 0 Å². The van der Waals surface area contributed by atoms with Crippen molar-refractivity contribution in [2.45, 2.75) is 107 Å². The molecule has 2 unspecified atom stereocenters. The van der Waals surface area contributed by atoms with Crippen LogP contribution in [0.5, 0.6) is 0 Å². The van der Waals surface area contributed by atoms with Gasteiger partial charge in [-0.2, -0.15) is 11.8 Å². The second-order valence-electron chi connectivity index (χ2n) is 12.3. The molecule has 1 aliphatic carbocycles. The van der Waals surface area contributed by atoms with Gasteiger partial charge in [0.15, 0.2) is 6.10 Å². The summed E-state index contributed by atoms with van der Waals surface area (Å²) in [6.45, 7) is 3.18. The summed E-state index contributed by atoms with van der Waals surface area (Å²) in [6.07, 6.45) is 4.47. The van der Waals surface area contributed by atoms with Crippen molar-refractivity contribution in [3.63, 3.8) is 0 Å². The molecule has 0 bridgehead atoms. The number of thioether (sulfide) groups is 1. The SMILES string of the molecule is CC(C)(O)c1cnnn1[C@H]1C[C@@H](C(=O)NC2(C(O)C(N)=O)CCSCC2)N(C(=O)C(CC2CCCCC2)NC(=O)O)C1. The maximum Gasteiger partial charge on any atom is 0.405 e. The van der Waals surface area contributed by atoms with Crippen LogP contribution < -0.4 is 16.4 Å². The summed E-state index contributed by atoms with van der Waals surface area (Å²) in [4.78, 5) is 53.2. The van der Waals surface area contributed by atoms with Crippen LogP contribution in [0, 0.1) is 5.92 Å².